The monoisotopic (exact) mass is 347 g/mol. The molecule has 26 heavy (non-hydrogen) atoms. The molecule has 4 rings (SSSR count). The van der Waals surface area contributed by atoms with Crippen LogP contribution in [-0.4, -0.2) is 25.1 Å². The molecule has 1 aromatic carbocycles. The minimum Gasteiger partial charge on any atom is -0.487 e. The summed E-state index contributed by atoms with van der Waals surface area (Å²) in [6.07, 6.45) is 5.63. The lowest BCUT2D eigenvalue weighted by molar-refractivity contribution is 0.102. The van der Waals surface area contributed by atoms with Gasteiger partial charge in [-0.15, -0.1) is 0 Å². The first-order valence-corrected chi connectivity index (χ1v) is 8.14. The van der Waals surface area contributed by atoms with E-state index in [4.69, 9.17) is 4.74 Å². The highest BCUT2D eigenvalue weighted by Crippen LogP contribution is 2.16. The summed E-state index contributed by atoms with van der Waals surface area (Å²) in [6, 6.07) is 14.6. The number of imidazole rings is 1. The lowest BCUT2D eigenvalue weighted by atomic mass is 10.2. The first-order valence-electron chi connectivity index (χ1n) is 8.14. The normalized spacial score (nSPS) is 10.8. The van der Waals surface area contributed by atoms with Gasteiger partial charge in [-0.3, -0.25) is 9.48 Å². The van der Waals surface area contributed by atoms with Crippen LogP contribution in [0, 0.1) is 0 Å². The SMILES string of the molecule is Cn1ccc(NC(=O)c2cccc(OCc3cn4ccccc4n3)c2)n1. The van der Waals surface area contributed by atoms with Crippen molar-refractivity contribution in [3.8, 4) is 5.75 Å². The summed E-state index contributed by atoms with van der Waals surface area (Å²) >= 11 is 0. The summed E-state index contributed by atoms with van der Waals surface area (Å²) < 4.78 is 9.36. The van der Waals surface area contributed by atoms with Gasteiger partial charge in [-0.2, -0.15) is 5.10 Å². The molecule has 1 amide bonds. The number of aryl methyl sites for hydroxylation is 1. The number of anilines is 1. The van der Waals surface area contributed by atoms with Gasteiger partial charge in [0.05, 0.1) is 5.69 Å². The predicted octanol–water partition coefficient (Wildman–Crippen LogP) is 2.90. The third kappa shape index (κ3) is 3.41. The minimum absolute atomic E-state index is 0.234. The number of benzene rings is 1. The highest BCUT2D eigenvalue weighted by Gasteiger charge is 2.09. The van der Waals surface area contributed by atoms with Gasteiger partial charge in [0.1, 0.15) is 18.0 Å². The Balaban J connectivity index is 1.44. The fourth-order valence-corrected chi connectivity index (χ4v) is 2.61. The van der Waals surface area contributed by atoms with E-state index < -0.39 is 0 Å². The molecule has 0 saturated heterocycles. The summed E-state index contributed by atoms with van der Waals surface area (Å²) in [4.78, 5) is 16.8. The van der Waals surface area contributed by atoms with Crippen molar-refractivity contribution in [2.75, 3.05) is 5.32 Å². The van der Waals surface area contributed by atoms with Gasteiger partial charge >= 0.3 is 0 Å². The molecule has 3 heterocycles. The van der Waals surface area contributed by atoms with Crippen LogP contribution in [0.3, 0.4) is 0 Å². The number of amides is 1. The van der Waals surface area contributed by atoms with E-state index in [0.717, 1.165) is 11.3 Å². The number of nitrogens with zero attached hydrogens (tertiary/aromatic N) is 4. The number of carbonyl (C=O) groups excluding carboxylic acids is 1. The van der Waals surface area contributed by atoms with Crippen LogP contribution in [0.25, 0.3) is 5.65 Å². The fraction of sp³-hybridized carbons (Fsp3) is 0.105. The van der Waals surface area contributed by atoms with Crippen LogP contribution in [0.2, 0.25) is 0 Å². The predicted molar refractivity (Wildman–Crippen MR) is 97.1 cm³/mol. The van der Waals surface area contributed by atoms with Crippen LogP contribution in [0.4, 0.5) is 5.82 Å². The number of hydrogen-bond acceptors (Lipinski definition) is 4. The molecule has 0 fully saturated rings. The Hall–Kier alpha value is -3.61. The summed E-state index contributed by atoms with van der Waals surface area (Å²) in [5.74, 6) is 0.881. The van der Waals surface area contributed by atoms with Crippen molar-refractivity contribution in [3.63, 3.8) is 0 Å². The van der Waals surface area contributed by atoms with Crippen molar-refractivity contribution in [2.24, 2.45) is 7.05 Å². The molecular formula is C19H17N5O2. The highest BCUT2D eigenvalue weighted by molar-refractivity contribution is 6.03. The molecule has 0 bridgehead atoms. The first kappa shape index (κ1) is 15.9. The Kier molecular flexibility index (Phi) is 4.10. The molecule has 130 valence electrons. The molecule has 7 nitrogen and oxygen atoms in total. The van der Waals surface area contributed by atoms with Crippen LogP contribution in [0.1, 0.15) is 16.1 Å². The van der Waals surface area contributed by atoms with Gasteiger partial charge in [-0.1, -0.05) is 12.1 Å². The van der Waals surface area contributed by atoms with E-state index in [1.807, 2.05) is 41.1 Å². The van der Waals surface area contributed by atoms with Crippen LogP contribution in [0.5, 0.6) is 5.75 Å². The number of fused-ring (bicyclic) bond motifs is 1. The van der Waals surface area contributed by atoms with Gasteiger partial charge in [-0.25, -0.2) is 4.98 Å². The van der Waals surface area contributed by atoms with Gasteiger partial charge in [0.2, 0.25) is 0 Å². The Morgan fingerprint density at radius 2 is 2.08 bits per heavy atom. The third-order valence-corrected chi connectivity index (χ3v) is 3.85. The molecule has 1 N–H and O–H groups in total. The maximum absolute atomic E-state index is 12.3. The van der Waals surface area contributed by atoms with Gasteiger partial charge in [-0.05, 0) is 30.3 Å². The molecule has 0 aliphatic rings. The standard InChI is InChI=1S/C19H17N5O2/c1-23-10-8-17(22-23)21-19(25)14-5-4-6-16(11-14)26-13-15-12-24-9-3-2-7-18(24)20-15/h2-12H,13H2,1H3,(H,21,22,25). The number of nitrogens with one attached hydrogen (secondary N) is 1. The molecule has 0 aliphatic carbocycles. The van der Waals surface area contributed by atoms with Gasteiger partial charge < -0.3 is 14.5 Å². The molecule has 3 aromatic heterocycles. The fourth-order valence-electron chi connectivity index (χ4n) is 2.61. The van der Waals surface area contributed by atoms with E-state index in [1.54, 1.807) is 42.2 Å². The Labute approximate surface area is 149 Å². The zero-order valence-electron chi connectivity index (χ0n) is 14.2. The Morgan fingerprint density at radius 1 is 1.15 bits per heavy atom. The van der Waals surface area contributed by atoms with E-state index in [1.165, 1.54) is 0 Å². The van der Waals surface area contributed by atoms with Crippen LogP contribution >= 0.6 is 0 Å². The van der Waals surface area contributed by atoms with E-state index in [0.29, 0.717) is 23.7 Å². The van der Waals surface area contributed by atoms with E-state index >= 15 is 0 Å². The molecule has 4 aromatic rings. The minimum atomic E-state index is -0.234. The largest absolute Gasteiger partial charge is 0.487 e. The Bertz CT molecular complexity index is 1030. The van der Waals surface area contributed by atoms with E-state index in [-0.39, 0.29) is 5.91 Å². The van der Waals surface area contributed by atoms with Crippen molar-refractivity contribution in [3.05, 3.63) is 78.4 Å². The second-order valence-electron chi connectivity index (χ2n) is 5.84. The zero-order valence-corrected chi connectivity index (χ0v) is 14.2. The second kappa shape index (κ2) is 6.72. The molecule has 0 radical (unpaired) electrons. The average molecular weight is 347 g/mol. The van der Waals surface area contributed by atoms with Crippen molar-refractivity contribution in [1.82, 2.24) is 19.2 Å². The average Bonchev–Trinajstić information content (AvgIpc) is 3.25. The third-order valence-electron chi connectivity index (χ3n) is 3.85. The smallest absolute Gasteiger partial charge is 0.256 e. The topological polar surface area (TPSA) is 73.5 Å². The van der Waals surface area contributed by atoms with Crippen molar-refractivity contribution < 1.29 is 9.53 Å². The quantitative estimate of drug-likeness (QED) is 0.602. The number of hydrogen-bond donors (Lipinski definition) is 1. The van der Waals surface area contributed by atoms with Crippen molar-refractivity contribution >= 4 is 17.4 Å². The number of carbonyl (C=O) groups is 1. The Morgan fingerprint density at radius 3 is 2.88 bits per heavy atom. The highest BCUT2D eigenvalue weighted by atomic mass is 16.5. The maximum atomic E-state index is 12.3. The molecule has 0 saturated carbocycles. The van der Waals surface area contributed by atoms with E-state index in [9.17, 15) is 4.79 Å². The number of aromatic nitrogens is 4. The van der Waals surface area contributed by atoms with Crippen molar-refractivity contribution in [1.29, 1.82) is 0 Å². The van der Waals surface area contributed by atoms with Crippen LogP contribution in [-0.2, 0) is 13.7 Å². The molecule has 0 aliphatic heterocycles. The molecule has 0 unspecified atom stereocenters. The summed E-state index contributed by atoms with van der Waals surface area (Å²) in [7, 11) is 1.80. The summed E-state index contributed by atoms with van der Waals surface area (Å²) in [5.41, 5.74) is 2.19. The molecule has 0 spiro atoms. The number of rotatable bonds is 5. The summed E-state index contributed by atoms with van der Waals surface area (Å²) in [5, 5.41) is 6.89. The van der Waals surface area contributed by atoms with Crippen molar-refractivity contribution in [2.45, 2.75) is 6.61 Å². The summed E-state index contributed by atoms with van der Waals surface area (Å²) in [6.45, 7) is 0.326. The lowest BCUT2D eigenvalue weighted by Crippen LogP contribution is -2.12. The van der Waals surface area contributed by atoms with Crippen LogP contribution < -0.4 is 10.1 Å². The van der Waals surface area contributed by atoms with Gasteiger partial charge in [0.15, 0.2) is 5.82 Å². The van der Waals surface area contributed by atoms with E-state index in [2.05, 4.69) is 15.4 Å². The second-order valence-corrected chi connectivity index (χ2v) is 5.84. The maximum Gasteiger partial charge on any atom is 0.256 e. The molecular weight excluding hydrogens is 330 g/mol. The van der Waals surface area contributed by atoms with Gasteiger partial charge in [0, 0.05) is 37.3 Å². The first-order chi connectivity index (χ1) is 12.7. The number of ether oxygens (including phenoxy) is 1. The zero-order chi connectivity index (χ0) is 17.9. The van der Waals surface area contributed by atoms with Crippen LogP contribution in [0.15, 0.2) is 67.1 Å². The molecule has 0 atom stereocenters. The lowest BCUT2D eigenvalue weighted by Gasteiger charge is -2.07. The number of pyridine rings is 1. The van der Waals surface area contributed by atoms with Gasteiger partial charge in [0.25, 0.3) is 5.91 Å². The molecule has 7 heteroatoms.